The van der Waals surface area contributed by atoms with Gasteiger partial charge in [0.1, 0.15) is 17.2 Å². The van der Waals surface area contributed by atoms with Gasteiger partial charge in [-0.05, 0) is 40.2 Å². The highest BCUT2D eigenvalue weighted by molar-refractivity contribution is 9.10. The van der Waals surface area contributed by atoms with Crippen LogP contribution in [-0.4, -0.2) is 28.3 Å². The second-order valence-corrected chi connectivity index (χ2v) is 6.47. The molecule has 0 amide bonds. The molecule has 1 aliphatic heterocycles. The van der Waals surface area contributed by atoms with Gasteiger partial charge in [-0.25, -0.2) is 4.79 Å². The van der Waals surface area contributed by atoms with Crippen LogP contribution in [0, 0.1) is 10.1 Å². The van der Waals surface area contributed by atoms with E-state index in [-0.39, 0.29) is 28.5 Å². The zero-order valence-electron chi connectivity index (χ0n) is 13.6. The zero-order valence-corrected chi connectivity index (χ0v) is 15.2. The molecule has 0 saturated carbocycles. The summed E-state index contributed by atoms with van der Waals surface area (Å²) in [6.45, 7) is 0. The van der Waals surface area contributed by atoms with Gasteiger partial charge in [0.2, 0.25) is 6.10 Å². The molecular weight excluding hydrogens is 451 g/mol. The van der Waals surface area contributed by atoms with Crippen molar-refractivity contribution in [3.05, 3.63) is 62.1 Å². The average Bonchev–Trinajstić information content (AvgIpc) is 2.61. The van der Waals surface area contributed by atoms with Crippen LogP contribution in [-0.2, 0) is 4.79 Å². The van der Waals surface area contributed by atoms with E-state index in [9.17, 15) is 28.1 Å². The molecule has 0 bridgehead atoms. The number of aliphatic carboxylic acids is 1. The average molecular weight is 460 g/mol. The molecule has 0 radical (unpaired) electrons. The number of nitro benzene ring substituents is 1. The molecule has 0 spiro atoms. The number of benzene rings is 2. The van der Waals surface area contributed by atoms with Gasteiger partial charge in [0.25, 0.3) is 5.69 Å². The van der Waals surface area contributed by atoms with Crippen LogP contribution in [0.15, 0.2) is 46.4 Å². The minimum Gasteiger partial charge on any atom is -0.478 e. The van der Waals surface area contributed by atoms with Crippen LogP contribution < -0.4 is 9.47 Å². The van der Waals surface area contributed by atoms with E-state index in [2.05, 4.69) is 15.9 Å². The maximum Gasteiger partial charge on any atom is 0.430 e. The van der Waals surface area contributed by atoms with Gasteiger partial charge in [0, 0.05) is 23.8 Å². The van der Waals surface area contributed by atoms with Crippen LogP contribution in [0.25, 0.3) is 6.08 Å². The summed E-state index contributed by atoms with van der Waals surface area (Å²) in [5.41, 5.74) is -0.962. The van der Waals surface area contributed by atoms with Crippen molar-refractivity contribution in [2.45, 2.75) is 12.3 Å². The number of ether oxygens (including phenoxy) is 2. The smallest absolute Gasteiger partial charge is 0.430 e. The molecule has 2 aromatic carbocycles. The summed E-state index contributed by atoms with van der Waals surface area (Å²) in [6, 6.07) is 7.59. The second kappa shape index (κ2) is 7.15. The van der Waals surface area contributed by atoms with E-state index in [1.54, 1.807) is 0 Å². The lowest BCUT2D eigenvalue weighted by Crippen LogP contribution is -2.40. The van der Waals surface area contributed by atoms with Crippen molar-refractivity contribution in [3.8, 4) is 17.2 Å². The van der Waals surface area contributed by atoms with Crippen molar-refractivity contribution < 1.29 is 37.5 Å². The number of alkyl halides is 3. The summed E-state index contributed by atoms with van der Waals surface area (Å²) in [7, 11) is 0. The molecule has 7 nitrogen and oxygen atoms in total. The van der Waals surface area contributed by atoms with Gasteiger partial charge in [0.05, 0.1) is 15.0 Å². The van der Waals surface area contributed by atoms with E-state index in [4.69, 9.17) is 14.6 Å². The molecule has 0 aliphatic carbocycles. The molecule has 3 rings (SSSR count). The third-order valence-electron chi connectivity index (χ3n) is 3.72. The van der Waals surface area contributed by atoms with E-state index >= 15 is 0 Å². The minimum absolute atomic E-state index is 0.0840. The van der Waals surface area contributed by atoms with E-state index in [0.717, 1.165) is 6.08 Å². The SMILES string of the molecule is O=C(O)C1=Cc2cc(Br)c(Oc3ccc([N+](=O)[O-])cc3)cc2OC1C(F)(F)F. The summed E-state index contributed by atoms with van der Waals surface area (Å²) in [5.74, 6) is -1.67. The van der Waals surface area contributed by atoms with E-state index in [1.807, 2.05) is 0 Å². The summed E-state index contributed by atoms with van der Waals surface area (Å²) >= 11 is 3.19. The minimum atomic E-state index is -4.92. The molecule has 1 atom stereocenters. The molecule has 1 unspecified atom stereocenters. The maximum atomic E-state index is 13.2. The Balaban J connectivity index is 1.96. The Morgan fingerprint density at radius 1 is 1.25 bits per heavy atom. The number of fused-ring (bicyclic) bond motifs is 1. The van der Waals surface area contributed by atoms with E-state index in [1.165, 1.54) is 36.4 Å². The molecule has 0 aromatic heterocycles. The summed E-state index contributed by atoms with van der Waals surface area (Å²) < 4.78 is 50.2. The molecule has 2 aromatic rings. The third kappa shape index (κ3) is 3.93. The largest absolute Gasteiger partial charge is 0.478 e. The van der Waals surface area contributed by atoms with Gasteiger partial charge >= 0.3 is 12.1 Å². The molecular formula is C17H9BrF3NO6. The molecule has 0 fully saturated rings. The van der Waals surface area contributed by atoms with Gasteiger partial charge < -0.3 is 14.6 Å². The van der Waals surface area contributed by atoms with Crippen LogP contribution in [0.5, 0.6) is 17.2 Å². The number of carbonyl (C=O) groups is 1. The molecule has 1 heterocycles. The van der Waals surface area contributed by atoms with Gasteiger partial charge in [-0.2, -0.15) is 13.2 Å². The van der Waals surface area contributed by atoms with Crippen molar-refractivity contribution in [2.75, 3.05) is 0 Å². The Morgan fingerprint density at radius 2 is 1.89 bits per heavy atom. The fraction of sp³-hybridized carbons (Fsp3) is 0.118. The first kappa shape index (κ1) is 19.7. The standard InChI is InChI=1S/C17H9BrF3NO6/c18-12-6-8-5-11(16(23)24)15(17(19,20)21)28-13(8)7-14(12)27-10-3-1-9(2-4-10)22(25)26/h1-7,15H,(H,23,24). The second-order valence-electron chi connectivity index (χ2n) is 5.62. The number of hydrogen-bond acceptors (Lipinski definition) is 5. The molecule has 1 N–H and O–H groups in total. The van der Waals surface area contributed by atoms with E-state index in [0.29, 0.717) is 4.47 Å². The highest BCUT2D eigenvalue weighted by atomic mass is 79.9. The molecule has 0 saturated heterocycles. The fourth-order valence-corrected chi connectivity index (χ4v) is 2.90. The number of carboxylic acid groups (broad SMARTS) is 1. The Hall–Kier alpha value is -3.08. The van der Waals surface area contributed by atoms with Crippen LogP contribution >= 0.6 is 15.9 Å². The highest BCUT2D eigenvalue weighted by Crippen LogP contribution is 2.42. The van der Waals surface area contributed by atoms with Gasteiger partial charge in [-0.15, -0.1) is 0 Å². The Bertz CT molecular complexity index is 988. The van der Waals surface area contributed by atoms with Gasteiger partial charge in [0.15, 0.2) is 0 Å². The third-order valence-corrected chi connectivity index (χ3v) is 4.34. The first-order chi connectivity index (χ1) is 13.1. The Kier molecular flexibility index (Phi) is 5.02. The van der Waals surface area contributed by atoms with Crippen LogP contribution in [0.3, 0.4) is 0 Å². The zero-order chi connectivity index (χ0) is 20.6. The number of nitrogens with zero attached hydrogens (tertiary/aromatic N) is 1. The van der Waals surface area contributed by atoms with Crippen molar-refractivity contribution in [1.29, 1.82) is 0 Å². The van der Waals surface area contributed by atoms with Crippen LogP contribution in [0.1, 0.15) is 5.56 Å². The van der Waals surface area contributed by atoms with Crippen LogP contribution in [0.4, 0.5) is 18.9 Å². The molecule has 28 heavy (non-hydrogen) atoms. The van der Waals surface area contributed by atoms with Crippen molar-refractivity contribution in [1.82, 2.24) is 0 Å². The lowest BCUT2D eigenvalue weighted by atomic mass is 10.0. The van der Waals surface area contributed by atoms with Gasteiger partial charge in [-0.1, -0.05) is 0 Å². The predicted molar refractivity (Wildman–Crippen MR) is 93.4 cm³/mol. The van der Waals surface area contributed by atoms with Gasteiger partial charge in [-0.3, -0.25) is 10.1 Å². The topological polar surface area (TPSA) is 98.9 Å². The Morgan fingerprint density at radius 3 is 2.43 bits per heavy atom. The lowest BCUT2D eigenvalue weighted by molar-refractivity contribution is -0.384. The van der Waals surface area contributed by atoms with Crippen LogP contribution in [0.2, 0.25) is 0 Å². The fourth-order valence-electron chi connectivity index (χ4n) is 2.46. The number of rotatable bonds is 4. The summed E-state index contributed by atoms with van der Waals surface area (Å²) in [4.78, 5) is 21.2. The highest BCUT2D eigenvalue weighted by Gasteiger charge is 2.48. The van der Waals surface area contributed by atoms with Crippen molar-refractivity contribution in [3.63, 3.8) is 0 Å². The lowest BCUT2D eigenvalue weighted by Gasteiger charge is -2.27. The quantitative estimate of drug-likeness (QED) is 0.513. The number of non-ortho nitro benzene ring substituents is 1. The van der Waals surface area contributed by atoms with Crippen molar-refractivity contribution in [2.24, 2.45) is 0 Å². The number of carboxylic acids is 1. The first-order valence-electron chi connectivity index (χ1n) is 7.50. The van der Waals surface area contributed by atoms with Crippen molar-refractivity contribution >= 4 is 33.7 Å². The predicted octanol–water partition coefficient (Wildman–Crippen LogP) is 4.94. The molecule has 1 aliphatic rings. The number of halogens is 4. The normalized spacial score (nSPS) is 15.9. The monoisotopic (exact) mass is 459 g/mol. The molecule has 11 heteroatoms. The van der Waals surface area contributed by atoms with E-state index < -0.39 is 28.7 Å². The Labute approximate surface area is 163 Å². The number of hydrogen-bond donors (Lipinski definition) is 1. The molecule has 146 valence electrons. The first-order valence-corrected chi connectivity index (χ1v) is 8.29. The summed E-state index contributed by atoms with van der Waals surface area (Å²) in [5, 5.41) is 19.7. The number of nitro groups is 1. The summed E-state index contributed by atoms with van der Waals surface area (Å²) in [6.07, 6.45) is -6.65. The maximum absolute atomic E-state index is 13.2.